The summed E-state index contributed by atoms with van der Waals surface area (Å²) in [5, 5.41) is 9.24. The molecule has 118 valence electrons. The number of benzene rings is 1. The van der Waals surface area contributed by atoms with Crippen LogP contribution >= 0.6 is 0 Å². The van der Waals surface area contributed by atoms with Gasteiger partial charge in [-0.25, -0.2) is 4.79 Å². The Balaban J connectivity index is 2.23. The van der Waals surface area contributed by atoms with Crippen LogP contribution in [0, 0.1) is 0 Å². The minimum atomic E-state index is -0.384. The number of rotatable bonds is 8. The quantitative estimate of drug-likeness (QED) is 0.645. The highest BCUT2D eigenvalue weighted by Gasteiger charge is 2.02. The van der Waals surface area contributed by atoms with Crippen LogP contribution < -0.4 is 16.0 Å². The molecule has 5 heteroatoms. The number of anilines is 1. The van der Waals surface area contributed by atoms with E-state index in [0.717, 1.165) is 17.8 Å². The van der Waals surface area contributed by atoms with E-state index in [0.29, 0.717) is 18.6 Å². The van der Waals surface area contributed by atoms with Crippen LogP contribution in [-0.2, 0) is 11.3 Å². The van der Waals surface area contributed by atoms with E-state index in [1.54, 1.807) is 0 Å². The molecule has 0 bridgehead atoms. The minimum absolute atomic E-state index is 0.283. The predicted molar refractivity (Wildman–Crippen MR) is 86.5 cm³/mol. The second-order valence-corrected chi connectivity index (χ2v) is 5.61. The third-order valence-electron chi connectivity index (χ3n) is 2.73. The van der Waals surface area contributed by atoms with Crippen LogP contribution in [0.5, 0.6) is 0 Å². The van der Waals surface area contributed by atoms with E-state index in [1.165, 1.54) is 0 Å². The summed E-state index contributed by atoms with van der Waals surface area (Å²) in [7, 11) is 0. The fourth-order valence-corrected chi connectivity index (χ4v) is 1.76. The first kappa shape index (κ1) is 17.3. The lowest BCUT2D eigenvalue weighted by Crippen LogP contribution is -2.34. The normalized spacial score (nSPS) is 10.8. The maximum absolute atomic E-state index is 11.5. The van der Waals surface area contributed by atoms with Gasteiger partial charge in [0, 0.05) is 30.9 Å². The Bertz CT molecular complexity index is 416. The van der Waals surface area contributed by atoms with Gasteiger partial charge in [-0.2, -0.15) is 0 Å². The second kappa shape index (κ2) is 9.23. The topological polar surface area (TPSA) is 62.4 Å². The first-order valence-electron chi connectivity index (χ1n) is 7.47. The fourth-order valence-electron chi connectivity index (χ4n) is 1.76. The number of carbonyl (C=O) groups excluding carboxylic acids is 1. The fraction of sp³-hybridized carbons (Fsp3) is 0.562. The molecule has 0 spiro atoms. The zero-order chi connectivity index (χ0) is 15.7. The Morgan fingerprint density at radius 3 is 2.29 bits per heavy atom. The van der Waals surface area contributed by atoms with Crippen LogP contribution in [0.4, 0.5) is 10.5 Å². The van der Waals surface area contributed by atoms with Crippen LogP contribution in [0.2, 0.25) is 0 Å². The Labute approximate surface area is 127 Å². The summed E-state index contributed by atoms with van der Waals surface area (Å²) >= 11 is 0. The highest BCUT2D eigenvalue weighted by molar-refractivity contribution is 5.67. The van der Waals surface area contributed by atoms with Crippen molar-refractivity contribution in [2.45, 2.75) is 46.4 Å². The van der Waals surface area contributed by atoms with Gasteiger partial charge < -0.3 is 20.7 Å². The van der Waals surface area contributed by atoms with E-state index in [-0.39, 0.29) is 12.7 Å². The van der Waals surface area contributed by atoms with Crippen molar-refractivity contribution in [1.82, 2.24) is 10.6 Å². The monoisotopic (exact) mass is 293 g/mol. The number of nitrogens with one attached hydrogen (secondary N) is 3. The number of ether oxygens (including phenoxy) is 1. The summed E-state index contributed by atoms with van der Waals surface area (Å²) in [5.74, 6) is 0. The van der Waals surface area contributed by atoms with Crippen molar-refractivity contribution in [3.8, 4) is 0 Å². The number of hydrogen-bond acceptors (Lipinski definition) is 4. The summed E-state index contributed by atoms with van der Waals surface area (Å²) < 4.78 is 5.16. The van der Waals surface area contributed by atoms with E-state index in [4.69, 9.17) is 4.74 Å². The van der Waals surface area contributed by atoms with E-state index >= 15 is 0 Å². The first-order valence-corrected chi connectivity index (χ1v) is 7.47. The molecule has 0 saturated carbocycles. The summed E-state index contributed by atoms with van der Waals surface area (Å²) in [6.45, 7) is 9.90. The number of alkyl carbamates (subject to hydrolysis) is 1. The van der Waals surface area contributed by atoms with Gasteiger partial charge in [-0.3, -0.25) is 0 Å². The Hall–Kier alpha value is -1.75. The zero-order valence-corrected chi connectivity index (χ0v) is 13.4. The SMILES string of the molecule is CC(C)NCCNC(=O)OCc1ccc(NC(C)C)cc1. The van der Waals surface area contributed by atoms with E-state index in [1.807, 2.05) is 24.3 Å². The van der Waals surface area contributed by atoms with Crippen LogP contribution in [0.15, 0.2) is 24.3 Å². The van der Waals surface area contributed by atoms with Gasteiger partial charge in [0.15, 0.2) is 0 Å². The van der Waals surface area contributed by atoms with Gasteiger partial charge in [-0.05, 0) is 31.5 Å². The molecule has 3 N–H and O–H groups in total. The molecule has 1 amide bonds. The molecule has 0 heterocycles. The van der Waals surface area contributed by atoms with Crippen molar-refractivity contribution in [3.05, 3.63) is 29.8 Å². The molecule has 1 aromatic rings. The van der Waals surface area contributed by atoms with Crippen molar-refractivity contribution < 1.29 is 9.53 Å². The Morgan fingerprint density at radius 2 is 1.71 bits per heavy atom. The minimum Gasteiger partial charge on any atom is -0.445 e. The van der Waals surface area contributed by atoms with E-state index in [2.05, 4.69) is 43.6 Å². The lowest BCUT2D eigenvalue weighted by Gasteiger charge is -2.11. The average molecular weight is 293 g/mol. The molecule has 1 aromatic carbocycles. The lowest BCUT2D eigenvalue weighted by molar-refractivity contribution is 0.139. The van der Waals surface area contributed by atoms with Crippen molar-refractivity contribution >= 4 is 11.8 Å². The highest BCUT2D eigenvalue weighted by atomic mass is 16.5. The van der Waals surface area contributed by atoms with Crippen molar-refractivity contribution in [2.24, 2.45) is 0 Å². The van der Waals surface area contributed by atoms with Crippen LogP contribution in [0.1, 0.15) is 33.3 Å². The van der Waals surface area contributed by atoms with Gasteiger partial charge in [-0.15, -0.1) is 0 Å². The zero-order valence-electron chi connectivity index (χ0n) is 13.4. The molecule has 0 fully saturated rings. The molecule has 0 radical (unpaired) electrons. The van der Waals surface area contributed by atoms with Crippen molar-refractivity contribution in [1.29, 1.82) is 0 Å². The standard InChI is InChI=1S/C16H27N3O2/c1-12(2)17-9-10-18-16(20)21-11-14-5-7-15(8-6-14)19-13(3)4/h5-8,12-13,17,19H,9-11H2,1-4H3,(H,18,20). The number of amides is 1. The average Bonchev–Trinajstić information content (AvgIpc) is 2.42. The Kier molecular flexibility index (Phi) is 7.61. The van der Waals surface area contributed by atoms with Gasteiger partial charge in [0.25, 0.3) is 0 Å². The smallest absolute Gasteiger partial charge is 0.407 e. The predicted octanol–water partition coefficient (Wildman–Crippen LogP) is 2.73. The highest BCUT2D eigenvalue weighted by Crippen LogP contribution is 2.11. The van der Waals surface area contributed by atoms with Crippen molar-refractivity contribution in [2.75, 3.05) is 18.4 Å². The largest absolute Gasteiger partial charge is 0.445 e. The summed E-state index contributed by atoms with van der Waals surface area (Å²) in [6.07, 6.45) is -0.384. The maximum atomic E-state index is 11.5. The summed E-state index contributed by atoms with van der Waals surface area (Å²) in [5.41, 5.74) is 2.04. The molecule has 0 unspecified atom stereocenters. The van der Waals surface area contributed by atoms with Gasteiger partial charge in [0.1, 0.15) is 6.61 Å². The number of hydrogen-bond donors (Lipinski definition) is 3. The molecular formula is C16H27N3O2. The molecule has 5 nitrogen and oxygen atoms in total. The van der Waals surface area contributed by atoms with Gasteiger partial charge >= 0.3 is 6.09 Å². The van der Waals surface area contributed by atoms with E-state index < -0.39 is 0 Å². The summed E-state index contributed by atoms with van der Waals surface area (Å²) in [6, 6.07) is 8.71. The van der Waals surface area contributed by atoms with Gasteiger partial charge in [0.05, 0.1) is 0 Å². The molecule has 0 saturated heterocycles. The van der Waals surface area contributed by atoms with E-state index in [9.17, 15) is 4.79 Å². The Morgan fingerprint density at radius 1 is 1.05 bits per heavy atom. The third kappa shape index (κ3) is 8.19. The van der Waals surface area contributed by atoms with Crippen LogP contribution in [0.25, 0.3) is 0 Å². The molecule has 0 aliphatic rings. The molecular weight excluding hydrogens is 266 g/mol. The molecule has 0 aliphatic heterocycles. The first-order chi connectivity index (χ1) is 9.97. The number of carbonyl (C=O) groups is 1. The summed E-state index contributed by atoms with van der Waals surface area (Å²) in [4.78, 5) is 11.5. The van der Waals surface area contributed by atoms with Crippen LogP contribution in [-0.4, -0.2) is 31.3 Å². The second-order valence-electron chi connectivity index (χ2n) is 5.61. The van der Waals surface area contributed by atoms with Gasteiger partial charge in [-0.1, -0.05) is 26.0 Å². The molecule has 0 aliphatic carbocycles. The van der Waals surface area contributed by atoms with Crippen molar-refractivity contribution in [3.63, 3.8) is 0 Å². The van der Waals surface area contributed by atoms with Crippen LogP contribution in [0.3, 0.4) is 0 Å². The lowest BCUT2D eigenvalue weighted by atomic mass is 10.2. The third-order valence-corrected chi connectivity index (χ3v) is 2.73. The molecule has 0 aromatic heterocycles. The molecule has 21 heavy (non-hydrogen) atoms. The molecule has 1 rings (SSSR count). The molecule has 0 atom stereocenters. The van der Waals surface area contributed by atoms with Gasteiger partial charge in [0.2, 0.25) is 0 Å². The maximum Gasteiger partial charge on any atom is 0.407 e.